The molecule has 0 radical (unpaired) electrons. The second-order valence-electron chi connectivity index (χ2n) is 6.17. The van der Waals surface area contributed by atoms with Crippen LogP contribution in [0.2, 0.25) is 5.02 Å². The minimum atomic E-state index is -4.51. The van der Waals surface area contributed by atoms with E-state index in [1.165, 1.54) is 12.3 Å². The third kappa shape index (κ3) is 4.27. The molecule has 3 aromatic rings. The van der Waals surface area contributed by atoms with Gasteiger partial charge in [0.15, 0.2) is 0 Å². The van der Waals surface area contributed by atoms with E-state index >= 15 is 0 Å². The molecule has 1 atom stereocenters. The van der Waals surface area contributed by atoms with Crippen molar-refractivity contribution in [2.24, 2.45) is 0 Å². The molecule has 1 aliphatic rings. The minimum Gasteiger partial charge on any atom is -0.467 e. The Kier molecular flexibility index (Phi) is 5.30. The van der Waals surface area contributed by atoms with Crippen LogP contribution in [-0.4, -0.2) is 28.5 Å². The molecule has 29 heavy (non-hydrogen) atoms. The molecule has 1 saturated heterocycles. The molecular formula is C19H14ClNO6S2. The standard InChI is InChI=1S/C19H14ClNO6S2/c20-13-5-3-12(4-6-13)16-8-7-14(27-16)10-17-18(22)21(11-15-2-1-9-26-15)19(28-17)29(23,24)25/h1-10,19H,11H2,(H,23,24,25). The fourth-order valence-corrected chi connectivity index (χ4v) is 5.16. The Labute approximate surface area is 175 Å². The van der Waals surface area contributed by atoms with Gasteiger partial charge < -0.3 is 13.7 Å². The summed E-state index contributed by atoms with van der Waals surface area (Å²) in [5.41, 5.74) is 0.805. The number of nitrogens with zero attached hydrogens (tertiary/aromatic N) is 1. The average molecular weight is 452 g/mol. The van der Waals surface area contributed by atoms with Crippen molar-refractivity contribution in [3.05, 3.63) is 76.2 Å². The van der Waals surface area contributed by atoms with E-state index in [1.54, 1.807) is 48.5 Å². The molecule has 2 aromatic heterocycles. The summed E-state index contributed by atoms with van der Waals surface area (Å²) < 4.78 is 42.6. The maximum Gasteiger partial charge on any atom is 0.296 e. The van der Waals surface area contributed by atoms with Crippen LogP contribution in [0, 0.1) is 0 Å². The average Bonchev–Trinajstić information content (AvgIpc) is 3.40. The number of halogens is 1. The molecule has 1 amide bonds. The van der Waals surface area contributed by atoms with Crippen molar-refractivity contribution in [1.82, 2.24) is 4.90 Å². The predicted octanol–water partition coefficient (Wildman–Crippen LogP) is 4.48. The van der Waals surface area contributed by atoms with Crippen molar-refractivity contribution < 1.29 is 26.6 Å². The summed E-state index contributed by atoms with van der Waals surface area (Å²) in [6.07, 6.45) is 2.87. The van der Waals surface area contributed by atoms with Gasteiger partial charge in [0.25, 0.3) is 16.0 Å². The lowest BCUT2D eigenvalue weighted by molar-refractivity contribution is -0.126. The number of carbonyl (C=O) groups excluding carboxylic acids is 1. The minimum absolute atomic E-state index is 0.0885. The lowest BCUT2D eigenvalue weighted by atomic mass is 10.2. The molecule has 0 spiro atoms. The fraction of sp³-hybridized carbons (Fsp3) is 0.105. The van der Waals surface area contributed by atoms with Gasteiger partial charge in [0, 0.05) is 16.7 Å². The SMILES string of the molecule is O=C1C(=Cc2ccc(-c3ccc(Cl)cc3)o2)SC(S(=O)(=O)O)N1Cc1ccco1. The maximum atomic E-state index is 12.8. The van der Waals surface area contributed by atoms with Gasteiger partial charge in [-0.2, -0.15) is 8.42 Å². The second kappa shape index (κ2) is 7.75. The number of hydrogen-bond acceptors (Lipinski definition) is 6. The lowest BCUT2D eigenvalue weighted by Crippen LogP contribution is -2.36. The van der Waals surface area contributed by atoms with Gasteiger partial charge in [0.05, 0.1) is 17.7 Å². The van der Waals surface area contributed by atoms with Crippen molar-refractivity contribution in [2.45, 2.75) is 11.3 Å². The van der Waals surface area contributed by atoms with Gasteiger partial charge in [-0.15, -0.1) is 0 Å². The van der Waals surface area contributed by atoms with Crippen LogP contribution >= 0.6 is 23.4 Å². The van der Waals surface area contributed by atoms with E-state index < -0.39 is 20.7 Å². The van der Waals surface area contributed by atoms with Crippen LogP contribution in [0.1, 0.15) is 11.5 Å². The van der Waals surface area contributed by atoms with Crippen molar-refractivity contribution in [2.75, 3.05) is 0 Å². The van der Waals surface area contributed by atoms with E-state index in [0.29, 0.717) is 22.3 Å². The number of benzene rings is 1. The van der Waals surface area contributed by atoms with E-state index in [0.717, 1.165) is 22.2 Å². The summed E-state index contributed by atoms with van der Waals surface area (Å²) in [4.78, 5) is 13.9. The number of amides is 1. The molecule has 150 valence electrons. The fourth-order valence-electron chi connectivity index (χ4n) is 2.82. The van der Waals surface area contributed by atoms with Crippen molar-refractivity contribution in [1.29, 1.82) is 0 Å². The zero-order valence-electron chi connectivity index (χ0n) is 14.7. The van der Waals surface area contributed by atoms with Crippen LogP contribution in [0.4, 0.5) is 0 Å². The van der Waals surface area contributed by atoms with Gasteiger partial charge in [-0.1, -0.05) is 23.4 Å². The second-order valence-corrected chi connectivity index (χ2v) is 9.50. The predicted molar refractivity (Wildman–Crippen MR) is 109 cm³/mol. The highest BCUT2D eigenvalue weighted by molar-refractivity contribution is 8.15. The third-order valence-corrected chi connectivity index (χ3v) is 7.18. The first kappa shape index (κ1) is 19.8. The molecule has 1 aliphatic heterocycles. The highest BCUT2D eigenvalue weighted by atomic mass is 35.5. The largest absolute Gasteiger partial charge is 0.467 e. The monoisotopic (exact) mass is 451 g/mol. The number of thioether (sulfide) groups is 1. The molecule has 10 heteroatoms. The Morgan fingerprint density at radius 2 is 1.93 bits per heavy atom. The van der Waals surface area contributed by atoms with Crippen molar-refractivity contribution in [3.63, 3.8) is 0 Å². The molecule has 0 bridgehead atoms. The third-order valence-electron chi connectivity index (χ3n) is 4.14. The molecule has 7 nitrogen and oxygen atoms in total. The molecule has 4 rings (SSSR count). The summed E-state index contributed by atoms with van der Waals surface area (Å²) in [6.45, 7) is -0.0885. The Bertz CT molecular complexity index is 1170. The van der Waals surface area contributed by atoms with Crippen molar-refractivity contribution in [3.8, 4) is 11.3 Å². The number of rotatable bonds is 5. The number of furan rings is 2. The van der Waals surface area contributed by atoms with Gasteiger partial charge in [-0.3, -0.25) is 9.35 Å². The maximum absolute atomic E-state index is 12.8. The first-order chi connectivity index (χ1) is 13.8. The van der Waals surface area contributed by atoms with Crippen LogP contribution in [0.25, 0.3) is 17.4 Å². The van der Waals surface area contributed by atoms with Gasteiger partial charge in [0.1, 0.15) is 17.3 Å². The number of carbonyl (C=O) groups is 1. The van der Waals surface area contributed by atoms with Crippen LogP contribution in [0.15, 0.2) is 68.5 Å². The molecule has 1 fully saturated rings. The molecule has 1 N–H and O–H groups in total. The summed E-state index contributed by atoms with van der Waals surface area (Å²) >= 11 is 6.63. The first-order valence-corrected chi connectivity index (χ1v) is 11.1. The highest BCUT2D eigenvalue weighted by Gasteiger charge is 2.44. The Balaban J connectivity index is 1.62. The van der Waals surface area contributed by atoms with Gasteiger partial charge >= 0.3 is 0 Å². The van der Waals surface area contributed by atoms with Gasteiger partial charge in [0.2, 0.25) is 4.71 Å². The van der Waals surface area contributed by atoms with Crippen molar-refractivity contribution >= 4 is 45.5 Å². The highest BCUT2D eigenvalue weighted by Crippen LogP contribution is 2.40. The van der Waals surface area contributed by atoms with Crippen LogP contribution in [-0.2, 0) is 21.5 Å². The normalized spacial score (nSPS) is 18.7. The Morgan fingerprint density at radius 1 is 1.17 bits per heavy atom. The summed E-state index contributed by atoms with van der Waals surface area (Å²) in [5, 5.41) is 0.600. The van der Waals surface area contributed by atoms with Crippen LogP contribution in [0.3, 0.4) is 0 Å². The van der Waals surface area contributed by atoms with E-state index in [1.807, 2.05) is 0 Å². The topological polar surface area (TPSA) is 101 Å². The summed E-state index contributed by atoms with van der Waals surface area (Å²) in [5.74, 6) is 0.804. The molecule has 3 heterocycles. The summed E-state index contributed by atoms with van der Waals surface area (Å²) in [6, 6.07) is 13.7. The van der Waals surface area contributed by atoms with Crippen LogP contribution in [0.5, 0.6) is 0 Å². The van der Waals surface area contributed by atoms with E-state index in [-0.39, 0.29) is 11.4 Å². The van der Waals surface area contributed by atoms with Crippen LogP contribution < -0.4 is 0 Å². The number of hydrogen-bond donors (Lipinski definition) is 1. The van der Waals surface area contributed by atoms with E-state index in [2.05, 4.69) is 0 Å². The zero-order valence-corrected chi connectivity index (χ0v) is 17.1. The Morgan fingerprint density at radius 3 is 2.59 bits per heavy atom. The van der Waals surface area contributed by atoms with E-state index in [4.69, 9.17) is 20.4 Å². The smallest absolute Gasteiger partial charge is 0.296 e. The summed E-state index contributed by atoms with van der Waals surface area (Å²) in [7, 11) is -4.51. The first-order valence-electron chi connectivity index (χ1n) is 8.35. The quantitative estimate of drug-likeness (QED) is 0.450. The molecule has 0 saturated carbocycles. The lowest BCUT2D eigenvalue weighted by Gasteiger charge is -2.19. The zero-order chi connectivity index (χ0) is 20.6. The molecular weight excluding hydrogens is 438 g/mol. The molecule has 0 aliphatic carbocycles. The Hall–Kier alpha value is -2.46. The van der Waals surface area contributed by atoms with Gasteiger partial charge in [-0.25, -0.2) is 0 Å². The molecule has 1 aromatic carbocycles. The van der Waals surface area contributed by atoms with E-state index in [9.17, 15) is 17.8 Å². The van der Waals surface area contributed by atoms with Gasteiger partial charge in [-0.05, 0) is 48.5 Å². The molecule has 1 unspecified atom stereocenters.